The molecule has 0 saturated carbocycles. The zero-order valence-electron chi connectivity index (χ0n) is 10.3. The van der Waals surface area contributed by atoms with Gasteiger partial charge in [-0.05, 0) is 23.5 Å². The number of nitro benzene ring substituents is 1. The van der Waals surface area contributed by atoms with Crippen molar-refractivity contribution in [1.82, 2.24) is 0 Å². The first-order valence-electron chi connectivity index (χ1n) is 5.63. The lowest BCUT2D eigenvalue weighted by Crippen LogP contribution is -2.03. The largest absolute Gasteiger partial charge is 0.287 e. The molecule has 0 amide bonds. The van der Waals surface area contributed by atoms with Crippen LogP contribution in [0.4, 0.5) is 5.69 Å². The maximum atomic E-state index is 11.0. The summed E-state index contributed by atoms with van der Waals surface area (Å²) in [6.07, 6.45) is 0.887. The van der Waals surface area contributed by atoms with E-state index in [9.17, 15) is 10.1 Å². The summed E-state index contributed by atoms with van der Waals surface area (Å²) in [6, 6.07) is 6.91. The van der Waals surface area contributed by atoms with Gasteiger partial charge in [0.2, 0.25) is 0 Å². The van der Waals surface area contributed by atoms with E-state index in [1.807, 2.05) is 26.0 Å². The quantitative estimate of drug-likeness (QED) is 0.600. The molecule has 0 radical (unpaired) electrons. The summed E-state index contributed by atoms with van der Waals surface area (Å²) in [5.74, 6) is 0.0528. The van der Waals surface area contributed by atoms with Gasteiger partial charge in [-0.25, -0.2) is 0 Å². The van der Waals surface area contributed by atoms with Crippen molar-refractivity contribution in [1.29, 1.82) is 10.5 Å². The Hall–Kier alpha value is -2.40. The van der Waals surface area contributed by atoms with Gasteiger partial charge in [-0.2, -0.15) is 10.5 Å². The van der Waals surface area contributed by atoms with Gasteiger partial charge in [0.15, 0.2) is 0 Å². The molecule has 1 aromatic rings. The lowest BCUT2D eigenvalue weighted by Gasteiger charge is -2.12. The van der Waals surface area contributed by atoms with Crippen molar-refractivity contribution in [3.8, 4) is 12.1 Å². The van der Waals surface area contributed by atoms with Crippen molar-refractivity contribution in [3.63, 3.8) is 0 Å². The Kier molecular flexibility index (Phi) is 4.39. The number of nitrogens with zero attached hydrogens (tertiary/aromatic N) is 3. The normalized spacial score (nSPS) is 11.3. The van der Waals surface area contributed by atoms with Crippen LogP contribution in [0.3, 0.4) is 0 Å². The molecule has 0 aromatic heterocycles. The molecule has 18 heavy (non-hydrogen) atoms. The van der Waals surface area contributed by atoms with Crippen LogP contribution in [0, 0.1) is 32.8 Å². The first-order chi connectivity index (χ1) is 8.54. The Morgan fingerprint density at radius 2 is 2.11 bits per heavy atom. The highest BCUT2D eigenvalue weighted by atomic mass is 16.6. The third-order valence-electron chi connectivity index (χ3n) is 2.94. The van der Waals surface area contributed by atoms with Gasteiger partial charge < -0.3 is 0 Å². The topological polar surface area (TPSA) is 90.7 Å². The van der Waals surface area contributed by atoms with Crippen LogP contribution in [0.2, 0.25) is 0 Å². The van der Waals surface area contributed by atoms with Crippen LogP contribution in [0.5, 0.6) is 0 Å². The summed E-state index contributed by atoms with van der Waals surface area (Å²) in [4.78, 5) is 10.4. The zero-order valence-corrected chi connectivity index (χ0v) is 10.3. The van der Waals surface area contributed by atoms with Crippen LogP contribution in [-0.4, -0.2) is 4.92 Å². The molecule has 5 nitrogen and oxygen atoms in total. The summed E-state index contributed by atoms with van der Waals surface area (Å²) in [7, 11) is 0. The van der Waals surface area contributed by atoms with Crippen molar-refractivity contribution in [2.75, 3.05) is 0 Å². The number of nitro groups is 1. The lowest BCUT2D eigenvalue weighted by molar-refractivity contribution is -0.385. The highest BCUT2D eigenvalue weighted by molar-refractivity contribution is 5.57. The monoisotopic (exact) mass is 243 g/mol. The first-order valence-corrected chi connectivity index (χ1v) is 5.63. The maximum absolute atomic E-state index is 11.0. The molecule has 1 unspecified atom stereocenters. The molecule has 1 aromatic carbocycles. The fourth-order valence-corrected chi connectivity index (χ4v) is 1.78. The van der Waals surface area contributed by atoms with Gasteiger partial charge in [-0.15, -0.1) is 0 Å². The van der Waals surface area contributed by atoms with E-state index in [1.165, 1.54) is 6.07 Å². The molecule has 1 atom stereocenters. The molecule has 5 heteroatoms. The molecular formula is C13H13N3O2. The molecule has 0 N–H and O–H groups in total. The van der Waals surface area contributed by atoms with E-state index in [2.05, 4.69) is 0 Å². The molecular weight excluding hydrogens is 230 g/mol. The molecule has 0 aliphatic heterocycles. The summed E-state index contributed by atoms with van der Waals surface area (Å²) in [6.45, 7) is 3.87. The number of hydrogen-bond acceptors (Lipinski definition) is 4. The Labute approximate surface area is 105 Å². The number of benzene rings is 1. The van der Waals surface area contributed by atoms with Crippen LogP contribution in [0.15, 0.2) is 12.1 Å². The predicted octanol–water partition coefficient (Wildman–Crippen LogP) is 3.05. The van der Waals surface area contributed by atoms with Crippen LogP contribution < -0.4 is 0 Å². The van der Waals surface area contributed by atoms with Gasteiger partial charge in [-0.1, -0.05) is 19.9 Å². The number of nitriles is 2. The van der Waals surface area contributed by atoms with E-state index in [1.54, 1.807) is 6.07 Å². The molecule has 0 heterocycles. The van der Waals surface area contributed by atoms with Gasteiger partial charge in [0, 0.05) is 6.07 Å². The van der Waals surface area contributed by atoms with Crippen molar-refractivity contribution >= 4 is 5.69 Å². The lowest BCUT2D eigenvalue weighted by atomic mass is 9.91. The second-order valence-electron chi connectivity index (χ2n) is 4.09. The number of rotatable bonds is 4. The Morgan fingerprint density at radius 3 is 2.56 bits per heavy atom. The third-order valence-corrected chi connectivity index (χ3v) is 2.94. The van der Waals surface area contributed by atoms with E-state index < -0.39 is 4.92 Å². The minimum Gasteiger partial charge on any atom is -0.258 e. The Bertz CT molecular complexity index is 553. The minimum atomic E-state index is -0.564. The van der Waals surface area contributed by atoms with E-state index in [0.717, 1.165) is 6.42 Å². The molecule has 1 rings (SSSR count). The van der Waals surface area contributed by atoms with Crippen LogP contribution in [0.25, 0.3) is 0 Å². The fourth-order valence-electron chi connectivity index (χ4n) is 1.78. The summed E-state index contributed by atoms with van der Waals surface area (Å²) in [5, 5.41) is 28.7. The van der Waals surface area contributed by atoms with Crippen molar-refractivity contribution < 1.29 is 4.92 Å². The van der Waals surface area contributed by atoms with Gasteiger partial charge in [-0.3, -0.25) is 10.1 Å². The van der Waals surface area contributed by atoms with E-state index in [-0.39, 0.29) is 23.6 Å². The highest BCUT2D eigenvalue weighted by Gasteiger charge is 2.21. The molecule has 0 bridgehead atoms. The van der Waals surface area contributed by atoms with E-state index in [0.29, 0.717) is 11.1 Å². The van der Waals surface area contributed by atoms with Crippen molar-refractivity contribution in [2.24, 2.45) is 0 Å². The Balaban J connectivity index is 3.52. The molecule has 0 spiro atoms. The average Bonchev–Trinajstić information content (AvgIpc) is 2.37. The van der Waals surface area contributed by atoms with Gasteiger partial charge in [0.1, 0.15) is 11.6 Å². The standard InChI is InChI=1S/C13H13N3O2/c1-3-9(2)11-6-10(4-5-14)7-13(16(17)18)12(11)8-15/h6-7,9H,3-4H2,1-2H3. The van der Waals surface area contributed by atoms with E-state index >= 15 is 0 Å². The van der Waals surface area contributed by atoms with Crippen molar-refractivity contribution in [3.05, 3.63) is 38.9 Å². The van der Waals surface area contributed by atoms with Gasteiger partial charge in [0.05, 0.1) is 17.4 Å². The van der Waals surface area contributed by atoms with Crippen LogP contribution >= 0.6 is 0 Å². The molecule has 92 valence electrons. The van der Waals surface area contributed by atoms with Gasteiger partial charge >= 0.3 is 0 Å². The average molecular weight is 243 g/mol. The van der Waals surface area contributed by atoms with E-state index in [4.69, 9.17) is 10.5 Å². The molecule has 0 aliphatic rings. The minimum absolute atomic E-state index is 0.0528. The first kappa shape index (κ1) is 13.7. The summed E-state index contributed by atoms with van der Waals surface area (Å²) >= 11 is 0. The number of hydrogen-bond donors (Lipinski definition) is 0. The summed E-state index contributed by atoms with van der Waals surface area (Å²) in [5.41, 5.74) is 1.13. The zero-order chi connectivity index (χ0) is 13.7. The second-order valence-corrected chi connectivity index (χ2v) is 4.09. The molecule has 0 aliphatic carbocycles. The molecule has 0 saturated heterocycles. The second kappa shape index (κ2) is 5.79. The van der Waals surface area contributed by atoms with Crippen molar-refractivity contribution in [2.45, 2.75) is 32.6 Å². The fraction of sp³-hybridized carbons (Fsp3) is 0.385. The predicted molar refractivity (Wildman–Crippen MR) is 65.8 cm³/mol. The third kappa shape index (κ3) is 2.64. The highest BCUT2D eigenvalue weighted by Crippen LogP contribution is 2.30. The summed E-state index contributed by atoms with van der Waals surface area (Å²) < 4.78 is 0. The van der Waals surface area contributed by atoms with Crippen LogP contribution in [0.1, 0.15) is 42.9 Å². The van der Waals surface area contributed by atoms with Crippen LogP contribution in [-0.2, 0) is 6.42 Å². The van der Waals surface area contributed by atoms with Gasteiger partial charge in [0.25, 0.3) is 5.69 Å². The Morgan fingerprint density at radius 1 is 1.44 bits per heavy atom. The molecule has 0 fully saturated rings. The SMILES string of the molecule is CCC(C)c1cc(CC#N)cc([N+](=O)[O-])c1C#N. The maximum Gasteiger partial charge on any atom is 0.287 e. The smallest absolute Gasteiger partial charge is 0.258 e.